The normalized spacial score (nSPS) is 8.86. The molecule has 7 heavy (non-hydrogen) atoms. The van der Waals surface area contributed by atoms with Gasteiger partial charge in [0.05, 0.1) is 5.75 Å². The highest BCUT2D eigenvalue weighted by Gasteiger charge is 1.88. The molecule has 0 amide bonds. The lowest BCUT2D eigenvalue weighted by Gasteiger charge is -1.86. The summed E-state index contributed by atoms with van der Waals surface area (Å²) in [7, 11) is 3.21. The molecule has 0 unspecified atom stereocenters. The minimum Gasteiger partial charge on any atom is -0.299 e. The van der Waals surface area contributed by atoms with Crippen molar-refractivity contribution in [2.75, 3.05) is 12.0 Å². The Morgan fingerprint density at radius 2 is 2.29 bits per heavy atom. The van der Waals surface area contributed by atoms with Crippen molar-refractivity contribution in [2.45, 2.75) is 6.92 Å². The van der Waals surface area contributed by atoms with Crippen LogP contribution in [0.2, 0.25) is 0 Å². The smallest absolute Gasteiger partial charge is 0.140 e. The molecule has 0 atom stereocenters. The number of ketones is 1. The zero-order valence-electron chi connectivity index (χ0n) is 4.43. The molecule has 42 valence electrons. The van der Waals surface area contributed by atoms with Gasteiger partial charge in [0.15, 0.2) is 0 Å². The van der Waals surface area contributed by atoms with Crippen LogP contribution in [0.3, 0.4) is 0 Å². The minimum absolute atomic E-state index is 0.249. The topological polar surface area (TPSA) is 17.1 Å². The van der Waals surface area contributed by atoms with E-state index in [2.05, 4.69) is 0 Å². The van der Waals surface area contributed by atoms with Crippen LogP contribution in [0, 0.1) is 0 Å². The van der Waals surface area contributed by atoms with E-state index >= 15 is 0 Å². The Bertz CT molecular complexity index is 62.7. The third-order valence-electron chi connectivity index (χ3n) is 0.380. The molecule has 0 radical (unpaired) electrons. The maximum Gasteiger partial charge on any atom is 0.140 e. The third kappa shape index (κ3) is 6.37. The first-order valence-corrected chi connectivity index (χ1v) is 4.65. The van der Waals surface area contributed by atoms with Crippen molar-refractivity contribution in [3.05, 3.63) is 0 Å². The third-order valence-corrected chi connectivity index (χ3v) is 2.20. The van der Waals surface area contributed by atoms with Gasteiger partial charge in [-0.2, -0.15) is 0 Å². The number of carbonyl (C=O) groups excluding carboxylic acids is 1. The van der Waals surface area contributed by atoms with E-state index in [1.807, 2.05) is 6.26 Å². The molecule has 0 aromatic carbocycles. The van der Waals surface area contributed by atoms with Crippen LogP contribution in [-0.2, 0) is 4.79 Å². The Kier molecular flexibility index (Phi) is 4.77. The molecular weight excluding hydrogens is 128 g/mol. The second-order valence-corrected chi connectivity index (χ2v) is 3.70. The van der Waals surface area contributed by atoms with Crippen molar-refractivity contribution >= 4 is 27.4 Å². The van der Waals surface area contributed by atoms with Crippen molar-refractivity contribution in [2.24, 2.45) is 0 Å². The number of rotatable bonds is 3. The Morgan fingerprint density at radius 3 is 2.43 bits per heavy atom. The van der Waals surface area contributed by atoms with Crippen LogP contribution in [0.1, 0.15) is 6.92 Å². The molecule has 0 heterocycles. The summed E-state index contributed by atoms with van der Waals surface area (Å²) in [4.78, 5) is 10.2. The van der Waals surface area contributed by atoms with Crippen LogP contribution >= 0.6 is 21.6 Å². The van der Waals surface area contributed by atoms with Gasteiger partial charge in [0, 0.05) is 0 Å². The van der Waals surface area contributed by atoms with E-state index < -0.39 is 0 Å². The average Bonchev–Trinajstić information content (AvgIpc) is 1.61. The van der Waals surface area contributed by atoms with Crippen LogP contribution in [0.5, 0.6) is 0 Å². The summed E-state index contributed by atoms with van der Waals surface area (Å²) in [6, 6.07) is 0. The predicted molar refractivity (Wildman–Crippen MR) is 36.7 cm³/mol. The van der Waals surface area contributed by atoms with Crippen LogP contribution in [0.15, 0.2) is 0 Å². The van der Waals surface area contributed by atoms with Crippen LogP contribution in [-0.4, -0.2) is 17.8 Å². The van der Waals surface area contributed by atoms with Crippen molar-refractivity contribution in [1.29, 1.82) is 0 Å². The summed E-state index contributed by atoms with van der Waals surface area (Å²) in [5.74, 6) is 0.889. The fraction of sp³-hybridized carbons (Fsp3) is 0.750. The Labute approximate surface area is 51.6 Å². The second-order valence-electron chi connectivity index (χ2n) is 1.13. The van der Waals surface area contributed by atoms with E-state index in [1.165, 1.54) is 0 Å². The molecule has 0 rings (SSSR count). The van der Waals surface area contributed by atoms with Crippen molar-refractivity contribution in [3.63, 3.8) is 0 Å². The molecule has 0 saturated heterocycles. The van der Waals surface area contributed by atoms with E-state index in [9.17, 15) is 4.79 Å². The summed E-state index contributed by atoms with van der Waals surface area (Å²) in [6.07, 6.45) is 1.97. The quantitative estimate of drug-likeness (QED) is 0.548. The summed E-state index contributed by atoms with van der Waals surface area (Å²) < 4.78 is 0. The van der Waals surface area contributed by atoms with Gasteiger partial charge in [-0.25, -0.2) is 0 Å². The zero-order chi connectivity index (χ0) is 5.70. The SMILES string of the molecule is CSSCC(C)=O. The molecule has 0 aromatic heterocycles. The summed E-state index contributed by atoms with van der Waals surface area (Å²) in [5.41, 5.74) is 0. The van der Waals surface area contributed by atoms with Gasteiger partial charge in [0.1, 0.15) is 5.78 Å². The monoisotopic (exact) mass is 136 g/mol. The summed E-state index contributed by atoms with van der Waals surface area (Å²) >= 11 is 0. The van der Waals surface area contributed by atoms with E-state index in [0.717, 1.165) is 0 Å². The molecule has 0 fully saturated rings. The van der Waals surface area contributed by atoms with Crippen molar-refractivity contribution in [1.82, 2.24) is 0 Å². The number of Topliss-reactive ketones (excluding diaryl/α,β-unsaturated/α-hetero) is 1. The molecule has 0 aliphatic rings. The zero-order valence-corrected chi connectivity index (χ0v) is 6.06. The first-order chi connectivity index (χ1) is 3.27. The second kappa shape index (κ2) is 4.53. The van der Waals surface area contributed by atoms with Gasteiger partial charge in [0.25, 0.3) is 0 Å². The molecule has 0 aliphatic carbocycles. The molecule has 0 N–H and O–H groups in total. The largest absolute Gasteiger partial charge is 0.299 e. The van der Waals surface area contributed by atoms with Gasteiger partial charge < -0.3 is 0 Å². The van der Waals surface area contributed by atoms with E-state index in [4.69, 9.17) is 0 Å². The summed E-state index contributed by atoms with van der Waals surface area (Å²) in [5, 5.41) is 0. The highest BCUT2D eigenvalue weighted by atomic mass is 33.1. The lowest BCUT2D eigenvalue weighted by molar-refractivity contribution is -0.114. The standard InChI is InChI=1S/C4H8OS2/c1-4(5)3-7-6-2/h3H2,1-2H3. The lowest BCUT2D eigenvalue weighted by atomic mass is 10.5. The molecule has 3 heteroatoms. The van der Waals surface area contributed by atoms with Gasteiger partial charge >= 0.3 is 0 Å². The van der Waals surface area contributed by atoms with Gasteiger partial charge in [0.2, 0.25) is 0 Å². The Hall–Kier alpha value is 0.370. The first kappa shape index (κ1) is 7.37. The molecule has 0 bridgehead atoms. The minimum atomic E-state index is 0.249. The van der Waals surface area contributed by atoms with Crippen molar-refractivity contribution in [3.8, 4) is 0 Å². The molecule has 0 aliphatic heterocycles. The fourth-order valence-electron chi connectivity index (χ4n) is 0.142. The van der Waals surface area contributed by atoms with E-state index in [1.54, 1.807) is 28.5 Å². The molecule has 0 aromatic rings. The Morgan fingerprint density at radius 1 is 1.71 bits per heavy atom. The van der Waals surface area contributed by atoms with Crippen LogP contribution in [0.4, 0.5) is 0 Å². The number of carbonyl (C=O) groups is 1. The highest BCUT2D eigenvalue weighted by molar-refractivity contribution is 8.76. The summed E-state index contributed by atoms with van der Waals surface area (Å²) in [6.45, 7) is 1.60. The van der Waals surface area contributed by atoms with E-state index in [0.29, 0.717) is 5.75 Å². The lowest BCUT2D eigenvalue weighted by Crippen LogP contribution is -1.89. The fourth-order valence-corrected chi connectivity index (χ4v) is 1.28. The van der Waals surface area contributed by atoms with Gasteiger partial charge in [-0.15, -0.1) is 0 Å². The Balaban J connectivity index is 2.82. The van der Waals surface area contributed by atoms with Crippen molar-refractivity contribution < 1.29 is 4.79 Å². The maximum absolute atomic E-state index is 10.2. The molecule has 0 spiro atoms. The molecule has 1 nitrogen and oxygen atoms in total. The van der Waals surface area contributed by atoms with Crippen LogP contribution in [0.25, 0.3) is 0 Å². The van der Waals surface area contributed by atoms with Gasteiger partial charge in [-0.3, -0.25) is 4.79 Å². The first-order valence-electron chi connectivity index (χ1n) is 1.92. The predicted octanol–water partition coefficient (Wildman–Crippen LogP) is 1.59. The van der Waals surface area contributed by atoms with Crippen LogP contribution < -0.4 is 0 Å². The maximum atomic E-state index is 10.2. The van der Waals surface area contributed by atoms with Gasteiger partial charge in [-0.1, -0.05) is 21.6 Å². The highest BCUT2D eigenvalue weighted by Crippen LogP contribution is 2.15. The average molecular weight is 136 g/mol. The van der Waals surface area contributed by atoms with Gasteiger partial charge in [-0.05, 0) is 13.2 Å². The number of hydrogen-bond acceptors (Lipinski definition) is 3. The molecular formula is C4H8OS2. The number of hydrogen-bond donors (Lipinski definition) is 0. The molecule has 0 saturated carbocycles. The van der Waals surface area contributed by atoms with E-state index in [-0.39, 0.29) is 5.78 Å².